The van der Waals surface area contributed by atoms with Crippen LogP contribution in [0.4, 0.5) is 0 Å². The lowest BCUT2D eigenvalue weighted by molar-refractivity contribution is -0.167. The van der Waals surface area contributed by atoms with E-state index in [1.165, 1.54) is 0 Å². The fourth-order valence-electron chi connectivity index (χ4n) is 2.43. The first-order valence-corrected chi connectivity index (χ1v) is 12.3. The Bertz CT molecular complexity index is 604. The van der Waals surface area contributed by atoms with Gasteiger partial charge in [-0.1, -0.05) is 51.1 Å². The summed E-state index contributed by atoms with van der Waals surface area (Å²) in [6.45, 7) is 12.3. The van der Waals surface area contributed by atoms with Crippen LogP contribution in [-0.2, 0) is 25.3 Å². The van der Waals surface area contributed by atoms with E-state index in [0.717, 1.165) is 12.0 Å². The summed E-state index contributed by atoms with van der Waals surface area (Å²) in [7, 11) is -1.74. The molecule has 26 heavy (non-hydrogen) atoms. The third-order valence-electron chi connectivity index (χ3n) is 5.17. The van der Waals surface area contributed by atoms with Crippen LogP contribution in [0.1, 0.15) is 39.2 Å². The maximum atomic E-state index is 12.1. The van der Waals surface area contributed by atoms with Crippen LogP contribution < -0.4 is 0 Å². The van der Waals surface area contributed by atoms with E-state index in [1.807, 2.05) is 30.3 Å². The van der Waals surface area contributed by atoms with Crippen molar-refractivity contribution >= 4 is 14.1 Å². The van der Waals surface area contributed by atoms with Gasteiger partial charge in [0.1, 0.15) is 6.10 Å². The summed E-state index contributed by atoms with van der Waals surface area (Å²) in [6.07, 6.45) is 3.82. The molecule has 0 fully saturated rings. The number of benzene rings is 1. The van der Waals surface area contributed by atoms with Gasteiger partial charge < -0.3 is 13.9 Å². The van der Waals surface area contributed by atoms with Crippen LogP contribution in [0, 0.1) is 0 Å². The van der Waals surface area contributed by atoms with Crippen molar-refractivity contribution in [1.82, 2.24) is 0 Å². The molecule has 1 aliphatic rings. The van der Waals surface area contributed by atoms with E-state index >= 15 is 0 Å². The highest BCUT2D eigenvalue weighted by molar-refractivity contribution is 6.74. The summed E-state index contributed by atoms with van der Waals surface area (Å²) < 4.78 is 17.8. The van der Waals surface area contributed by atoms with Crippen molar-refractivity contribution in [2.75, 3.05) is 6.61 Å². The molecule has 144 valence electrons. The molecule has 1 heterocycles. The maximum Gasteiger partial charge on any atom is 0.191 e. The standard InChI is InChI=1S/C21H32O4Si/c1-21(2,3)26(4,5)24-15-9-12-19-18(22)13-14-20(25-19)23-16-17-10-7-6-8-11-17/h6-8,10-11,13-14,19-20H,9,12,15-16H2,1-5H3/t19-,20+/m1/s1. The molecule has 1 aromatic carbocycles. The predicted molar refractivity (Wildman–Crippen MR) is 106 cm³/mol. The zero-order valence-electron chi connectivity index (χ0n) is 16.7. The summed E-state index contributed by atoms with van der Waals surface area (Å²) in [5.74, 6) is 0.0110. The normalized spacial score (nSPS) is 21.2. The minimum atomic E-state index is -1.74. The molecule has 0 aliphatic carbocycles. The summed E-state index contributed by atoms with van der Waals surface area (Å²) in [6, 6.07) is 9.94. The van der Waals surface area contributed by atoms with E-state index < -0.39 is 20.7 Å². The van der Waals surface area contributed by atoms with E-state index in [1.54, 1.807) is 12.2 Å². The molecule has 0 bridgehead atoms. The lowest BCUT2D eigenvalue weighted by Crippen LogP contribution is -2.41. The number of hydrogen-bond donors (Lipinski definition) is 0. The number of ether oxygens (including phenoxy) is 2. The van der Waals surface area contributed by atoms with Crippen LogP contribution in [0.3, 0.4) is 0 Å². The average molecular weight is 377 g/mol. The Kier molecular flexibility index (Phi) is 7.35. The second-order valence-electron chi connectivity index (χ2n) is 8.30. The molecule has 2 rings (SSSR count). The van der Waals surface area contributed by atoms with Gasteiger partial charge >= 0.3 is 0 Å². The fraction of sp³-hybridized carbons (Fsp3) is 0.571. The van der Waals surface area contributed by atoms with Gasteiger partial charge in [0.25, 0.3) is 0 Å². The van der Waals surface area contributed by atoms with Gasteiger partial charge in [-0.15, -0.1) is 0 Å². The number of carbonyl (C=O) groups is 1. The Morgan fingerprint density at radius 1 is 1.15 bits per heavy atom. The molecular weight excluding hydrogens is 344 g/mol. The Hall–Kier alpha value is -1.27. The number of rotatable bonds is 8. The first-order valence-electron chi connectivity index (χ1n) is 9.36. The molecule has 5 heteroatoms. The molecule has 1 aromatic rings. The highest BCUT2D eigenvalue weighted by Gasteiger charge is 2.37. The van der Waals surface area contributed by atoms with Gasteiger partial charge in [-0.3, -0.25) is 4.79 Å². The number of hydrogen-bond acceptors (Lipinski definition) is 4. The number of carbonyl (C=O) groups excluding carboxylic acids is 1. The van der Waals surface area contributed by atoms with Crippen LogP contribution in [0.25, 0.3) is 0 Å². The highest BCUT2D eigenvalue weighted by atomic mass is 28.4. The van der Waals surface area contributed by atoms with Crippen LogP contribution in [0.2, 0.25) is 18.1 Å². The Balaban J connectivity index is 1.75. The highest BCUT2D eigenvalue weighted by Crippen LogP contribution is 2.36. The maximum absolute atomic E-state index is 12.1. The molecule has 1 aliphatic heterocycles. The molecule has 0 saturated carbocycles. The molecule has 0 unspecified atom stereocenters. The van der Waals surface area contributed by atoms with Crippen LogP contribution in [-0.4, -0.2) is 33.1 Å². The Morgan fingerprint density at radius 2 is 1.85 bits per heavy atom. The van der Waals surface area contributed by atoms with Gasteiger partial charge in [-0.2, -0.15) is 0 Å². The van der Waals surface area contributed by atoms with E-state index in [-0.39, 0.29) is 10.8 Å². The largest absolute Gasteiger partial charge is 0.417 e. The Labute approximate surface area is 158 Å². The molecule has 0 N–H and O–H groups in total. The monoisotopic (exact) mass is 376 g/mol. The van der Waals surface area contributed by atoms with E-state index in [2.05, 4.69) is 33.9 Å². The molecule has 0 aromatic heterocycles. The van der Waals surface area contributed by atoms with E-state index in [0.29, 0.717) is 19.6 Å². The summed E-state index contributed by atoms with van der Waals surface area (Å²) in [4.78, 5) is 12.1. The van der Waals surface area contributed by atoms with Crippen molar-refractivity contribution < 1.29 is 18.7 Å². The predicted octanol–water partition coefficient (Wildman–Crippen LogP) is 4.86. The van der Waals surface area contributed by atoms with Gasteiger partial charge in [0.2, 0.25) is 0 Å². The second kappa shape index (κ2) is 9.09. The third kappa shape index (κ3) is 6.16. The molecule has 0 saturated heterocycles. The van der Waals surface area contributed by atoms with Crippen LogP contribution in [0.5, 0.6) is 0 Å². The van der Waals surface area contributed by atoms with Crippen LogP contribution in [0.15, 0.2) is 42.5 Å². The van der Waals surface area contributed by atoms with Crippen molar-refractivity contribution in [2.24, 2.45) is 0 Å². The SMILES string of the molecule is CC(C)(C)[Si](C)(C)OCCC[C@H]1O[C@H](OCc2ccccc2)C=CC1=O. The van der Waals surface area contributed by atoms with Gasteiger partial charge in [0.15, 0.2) is 20.4 Å². The van der Waals surface area contributed by atoms with Crippen molar-refractivity contribution in [3.63, 3.8) is 0 Å². The van der Waals surface area contributed by atoms with Gasteiger partial charge in [0, 0.05) is 6.61 Å². The minimum Gasteiger partial charge on any atom is -0.417 e. The Morgan fingerprint density at radius 3 is 2.50 bits per heavy atom. The van der Waals surface area contributed by atoms with Crippen molar-refractivity contribution in [2.45, 2.75) is 70.7 Å². The lowest BCUT2D eigenvalue weighted by Gasteiger charge is -2.36. The smallest absolute Gasteiger partial charge is 0.191 e. The zero-order chi connectivity index (χ0) is 19.2. The summed E-state index contributed by atoms with van der Waals surface area (Å²) >= 11 is 0. The molecule has 0 amide bonds. The summed E-state index contributed by atoms with van der Waals surface area (Å²) in [5.41, 5.74) is 1.08. The quantitative estimate of drug-likeness (QED) is 0.480. The first kappa shape index (κ1) is 21.0. The lowest BCUT2D eigenvalue weighted by atomic mass is 10.1. The summed E-state index contributed by atoms with van der Waals surface area (Å²) in [5, 5.41) is 0.198. The molecule has 0 spiro atoms. The van der Waals surface area contributed by atoms with Gasteiger partial charge in [0.05, 0.1) is 6.61 Å². The fourth-order valence-corrected chi connectivity index (χ4v) is 3.51. The topological polar surface area (TPSA) is 44.8 Å². The van der Waals surface area contributed by atoms with E-state index in [9.17, 15) is 4.79 Å². The molecular formula is C21H32O4Si. The molecule has 0 radical (unpaired) electrons. The zero-order valence-corrected chi connectivity index (χ0v) is 17.7. The third-order valence-corrected chi connectivity index (χ3v) is 9.71. The second-order valence-corrected chi connectivity index (χ2v) is 13.1. The first-order chi connectivity index (χ1) is 12.2. The van der Waals surface area contributed by atoms with Crippen molar-refractivity contribution in [1.29, 1.82) is 0 Å². The molecule has 4 nitrogen and oxygen atoms in total. The average Bonchev–Trinajstić information content (AvgIpc) is 2.59. The van der Waals surface area contributed by atoms with Crippen molar-refractivity contribution in [3.05, 3.63) is 48.0 Å². The van der Waals surface area contributed by atoms with Crippen LogP contribution >= 0.6 is 0 Å². The van der Waals surface area contributed by atoms with Gasteiger partial charge in [-0.25, -0.2) is 0 Å². The minimum absolute atomic E-state index is 0.0110. The number of ketones is 1. The molecule has 2 atom stereocenters. The van der Waals surface area contributed by atoms with Crippen molar-refractivity contribution in [3.8, 4) is 0 Å². The van der Waals surface area contributed by atoms with Gasteiger partial charge in [-0.05, 0) is 48.7 Å². The van der Waals surface area contributed by atoms with E-state index in [4.69, 9.17) is 13.9 Å².